The standard InChI is InChI=1S/C66H43NO2/c1-65(2)55-20-10-7-17-49(55)53-38-45(30-35-56(53)65)67(46-31-36-62-54(39-46)51-19-9-12-22-61(51)68-62)44-28-23-40(24-29-44)43-27-32-58-52(37-43)50-18-8-11-21-57(50)66(58)59-33-25-41-13-3-5-15-47(41)63(59)69-64-48-16-6-4-14-42(48)26-34-60(64)66/h3-39H,1-2H3. The highest BCUT2D eigenvalue weighted by molar-refractivity contribution is 6.07. The monoisotopic (exact) mass is 881 g/mol. The average Bonchev–Trinajstić information content (AvgIpc) is 3.99. The Kier molecular flexibility index (Phi) is 7.77. The minimum atomic E-state index is -0.585. The van der Waals surface area contributed by atoms with Gasteiger partial charge in [-0.1, -0.05) is 184 Å². The van der Waals surface area contributed by atoms with Crippen LogP contribution < -0.4 is 9.64 Å². The van der Waals surface area contributed by atoms with Gasteiger partial charge in [-0.3, -0.25) is 0 Å². The number of hydrogen-bond acceptors (Lipinski definition) is 3. The van der Waals surface area contributed by atoms with Crippen molar-refractivity contribution in [2.75, 3.05) is 4.90 Å². The van der Waals surface area contributed by atoms with Crippen LogP contribution in [0.15, 0.2) is 229 Å². The van der Waals surface area contributed by atoms with Crippen LogP contribution >= 0.6 is 0 Å². The van der Waals surface area contributed by atoms with Crippen molar-refractivity contribution in [3.05, 3.63) is 258 Å². The van der Waals surface area contributed by atoms with Gasteiger partial charge in [0.2, 0.25) is 0 Å². The first-order chi connectivity index (χ1) is 33.9. The van der Waals surface area contributed by atoms with Gasteiger partial charge in [0.05, 0.1) is 5.41 Å². The molecule has 1 aromatic heterocycles. The van der Waals surface area contributed by atoms with Crippen molar-refractivity contribution in [3.8, 4) is 44.9 Å². The van der Waals surface area contributed by atoms with Crippen LogP contribution in [0.1, 0.15) is 47.2 Å². The number of furan rings is 1. The van der Waals surface area contributed by atoms with Gasteiger partial charge in [0.15, 0.2) is 0 Å². The fraction of sp³-hybridized carbons (Fsp3) is 0.0606. The molecule has 2 heterocycles. The SMILES string of the molecule is CC1(C)c2ccccc2-c2cc(N(c3ccc(-c4ccc5c(c4)-c4ccccc4C54c5ccc6ccccc6c5Oc5c4ccc4ccccc54)cc3)c3ccc4oc5ccccc5c4c3)ccc21. The smallest absolute Gasteiger partial charge is 0.140 e. The van der Waals surface area contributed by atoms with E-state index in [1.165, 1.54) is 72.0 Å². The molecule has 3 nitrogen and oxygen atoms in total. The molecule has 11 aromatic carbocycles. The molecule has 0 saturated heterocycles. The van der Waals surface area contributed by atoms with Crippen LogP contribution in [0.5, 0.6) is 11.5 Å². The second-order valence-corrected chi connectivity index (χ2v) is 19.5. The summed E-state index contributed by atoms with van der Waals surface area (Å²) in [6.07, 6.45) is 0. The lowest BCUT2D eigenvalue weighted by molar-refractivity contribution is 0.447. The molecule has 0 unspecified atom stereocenters. The molecule has 0 fully saturated rings. The maximum Gasteiger partial charge on any atom is 0.140 e. The highest BCUT2D eigenvalue weighted by Gasteiger charge is 2.52. The number of anilines is 3. The van der Waals surface area contributed by atoms with Gasteiger partial charge in [0.25, 0.3) is 0 Å². The summed E-state index contributed by atoms with van der Waals surface area (Å²) in [6, 6.07) is 82.5. The Morgan fingerprint density at radius 3 is 1.57 bits per heavy atom. The predicted octanol–water partition coefficient (Wildman–Crippen LogP) is 17.8. The van der Waals surface area contributed by atoms with Gasteiger partial charge in [0, 0.05) is 55.1 Å². The zero-order valence-corrected chi connectivity index (χ0v) is 38.1. The number of benzene rings is 11. The summed E-state index contributed by atoms with van der Waals surface area (Å²) in [7, 11) is 0. The number of hydrogen-bond donors (Lipinski definition) is 0. The van der Waals surface area contributed by atoms with Crippen molar-refractivity contribution in [1.82, 2.24) is 0 Å². The molecule has 0 saturated carbocycles. The zero-order valence-electron chi connectivity index (χ0n) is 38.1. The van der Waals surface area contributed by atoms with E-state index in [9.17, 15) is 0 Å². The van der Waals surface area contributed by atoms with Gasteiger partial charge in [-0.15, -0.1) is 0 Å². The first kappa shape index (κ1) is 38.4. The molecule has 3 aliphatic rings. The van der Waals surface area contributed by atoms with Gasteiger partial charge in [0.1, 0.15) is 22.7 Å². The quantitative estimate of drug-likeness (QED) is 0.176. The summed E-state index contributed by atoms with van der Waals surface area (Å²) < 4.78 is 13.5. The van der Waals surface area contributed by atoms with Gasteiger partial charge in [-0.05, 0) is 121 Å². The molecule has 15 rings (SSSR count). The normalized spacial score (nSPS) is 14.3. The zero-order chi connectivity index (χ0) is 45.6. The Hall–Kier alpha value is -8.66. The van der Waals surface area contributed by atoms with Crippen LogP contribution in [0, 0.1) is 0 Å². The first-order valence-electron chi connectivity index (χ1n) is 24.0. The number of rotatable bonds is 4. The van der Waals surface area contributed by atoms with Crippen molar-refractivity contribution >= 4 is 60.5 Å². The van der Waals surface area contributed by atoms with Crippen molar-refractivity contribution in [1.29, 1.82) is 0 Å². The molecule has 0 radical (unpaired) electrons. The molecule has 2 aliphatic carbocycles. The van der Waals surface area contributed by atoms with Crippen LogP contribution in [0.25, 0.3) is 76.9 Å². The lowest BCUT2D eigenvalue weighted by Gasteiger charge is -2.40. The highest BCUT2D eigenvalue weighted by atomic mass is 16.5. The van der Waals surface area contributed by atoms with E-state index in [2.05, 4.69) is 231 Å². The molecule has 1 spiro atoms. The minimum Gasteiger partial charge on any atom is -0.456 e. The number of para-hydroxylation sites is 1. The summed E-state index contributed by atoms with van der Waals surface area (Å²) >= 11 is 0. The second-order valence-electron chi connectivity index (χ2n) is 19.5. The van der Waals surface area contributed by atoms with E-state index in [1.807, 2.05) is 12.1 Å². The van der Waals surface area contributed by atoms with E-state index in [1.54, 1.807) is 0 Å². The summed E-state index contributed by atoms with van der Waals surface area (Å²) in [4.78, 5) is 2.40. The molecule has 1 aliphatic heterocycles. The van der Waals surface area contributed by atoms with E-state index in [0.29, 0.717) is 0 Å². The highest BCUT2D eigenvalue weighted by Crippen LogP contribution is 2.64. The van der Waals surface area contributed by atoms with E-state index in [-0.39, 0.29) is 5.41 Å². The van der Waals surface area contributed by atoms with E-state index < -0.39 is 5.41 Å². The van der Waals surface area contributed by atoms with Crippen molar-refractivity contribution in [2.24, 2.45) is 0 Å². The fourth-order valence-electron chi connectivity index (χ4n) is 12.5. The van der Waals surface area contributed by atoms with Crippen LogP contribution in [0.3, 0.4) is 0 Å². The fourth-order valence-corrected chi connectivity index (χ4v) is 12.5. The topological polar surface area (TPSA) is 25.6 Å². The molecule has 3 heteroatoms. The maximum atomic E-state index is 7.18. The minimum absolute atomic E-state index is 0.0815. The number of ether oxygens (including phenoxy) is 1. The molecule has 324 valence electrons. The maximum absolute atomic E-state index is 7.18. The molecular weight excluding hydrogens is 839 g/mol. The summed E-state index contributed by atoms with van der Waals surface area (Å²) in [5.41, 5.74) is 19.4. The molecule has 0 atom stereocenters. The summed E-state index contributed by atoms with van der Waals surface area (Å²) in [6.45, 7) is 4.68. The largest absolute Gasteiger partial charge is 0.456 e. The second kappa shape index (κ2) is 13.9. The van der Waals surface area contributed by atoms with E-state index >= 15 is 0 Å². The lowest BCUT2D eigenvalue weighted by Crippen LogP contribution is -2.32. The third-order valence-corrected chi connectivity index (χ3v) is 15.7. The molecular formula is C66H43NO2. The number of fused-ring (bicyclic) bond motifs is 19. The molecule has 0 bridgehead atoms. The number of nitrogens with zero attached hydrogens (tertiary/aromatic N) is 1. The van der Waals surface area contributed by atoms with Crippen molar-refractivity contribution in [2.45, 2.75) is 24.7 Å². The van der Waals surface area contributed by atoms with Crippen LogP contribution in [0.4, 0.5) is 17.1 Å². The molecule has 0 N–H and O–H groups in total. The van der Waals surface area contributed by atoms with Gasteiger partial charge >= 0.3 is 0 Å². The Labute approximate surface area is 400 Å². The Morgan fingerprint density at radius 2 is 0.826 bits per heavy atom. The van der Waals surface area contributed by atoms with Crippen LogP contribution in [-0.2, 0) is 10.8 Å². The summed E-state index contributed by atoms with van der Waals surface area (Å²) in [5, 5.41) is 6.79. The molecule has 0 amide bonds. The van der Waals surface area contributed by atoms with Gasteiger partial charge in [-0.2, -0.15) is 0 Å². The van der Waals surface area contributed by atoms with Crippen molar-refractivity contribution < 1.29 is 9.15 Å². The third kappa shape index (κ3) is 5.22. The molecule has 69 heavy (non-hydrogen) atoms. The Bertz CT molecular complexity index is 4070. The average molecular weight is 882 g/mol. The Balaban J connectivity index is 0.893. The first-order valence-corrected chi connectivity index (χ1v) is 24.0. The van der Waals surface area contributed by atoms with Crippen molar-refractivity contribution in [3.63, 3.8) is 0 Å². The van der Waals surface area contributed by atoms with E-state index in [4.69, 9.17) is 9.15 Å². The van der Waals surface area contributed by atoms with Crippen LogP contribution in [-0.4, -0.2) is 0 Å². The lowest BCUT2D eigenvalue weighted by atomic mass is 9.65. The van der Waals surface area contributed by atoms with Crippen LogP contribution in [0.2, 0.25) is 0 Å². The third-order valence-electron chi connectivity index (χ3n) is 15.7. The predicted molar refractivity (Wildman–Crippen MR) is 284 cm³/mol. The molecule has 12 aromatic rings. The van der Waals surface area contributed by atoms with E-state index in [0.717, 1.165) is 66.8 Å². The Morgan fingerprint density at radius 1 is 0.333 bits per heavy atom. The summed E-state index contributed by atoms with van der Waals surface area (Å²) in [5.74, 6) is 1.86. The van der Waals surface area contributed by atoms with Gasteiger partial charge < -0.3 is 14.1 Å². The van der Waals surface area contributed by atoms with Gasteiger partial charge in [-0.25, -0.2) is 0 Å².